The van der Waals surface area contributed by atoms with Crippen LogP contribution >= 0.6 is 0 Å². The molecule has 1 amide bonds. The smallest absolute Gasteiger partial charge is 0.220 e. The first-order valence-corrected chi connectivity index (χ1v) is 11.0. The minimum absolute atomic E-state index is 0.0384. The van der Waals surface area contributed by atoms with Gasteiger partial charge in [-0.2, -0.15) is 5.10 Å². The van der Waals surface area contributed by atoms with Crippen molar-refractivity contribution < 1.29 is 9.53 Å². The van der Waals surface area contributed by atoms with Crippen molar-refractivity contribution in [1.29, 1.82) is 0 Å². The molecule has 0 aliphatic carbocycles. The average Bonchev–Trinajstić information content (AvgIpc) is 3.11. The molecule has 8 nitrogen and oxygen atoms in total. The number of rotatable bonds is 7. The zero-order valence-electron chi connectivity index (χ0n) is 19.0. The number of carbonyl (C=O) groups excluding carboxylic acids is 1. The molecule has 1 fully saturated rings. The fourth-order valence-corrected chi connectivity index (χ4v) is 4.01. The molecule has 3 heterocycles. The SMILES string of the molecule is Cc1ccccc1CNC(=O)CCc1c(C)nn(-c2cc(N3CCOCC3)ncn2)c1C. The Balaban J connectivity index is 1.42. The Kier molecular flexibility index (Phi) is 6.80. The first-order valence-electron chi connectivity index (χ1n) is 11.0. The van der Waals surface area contributed by atoms with E-state index in [1.807, 2.05) is 42.8 Å². The van der Waals surface area contributed by atoms with Crippen LogP contribution in [0.25, 0.3) is 5.82 Å². The molecule has 0 atom stereocenters. The lowest BCUT2D eigenvalue weighted by molar-refractivity contribution is -0.121. The second-order valence-electron chi connectivity index (χ2n) is 8.10. The molecule has 4 rings (SSSR count). The summed E-state index contributed by atoms with van der Waals surface area (Å²) in [6.07, 6.45) is 2.63. The van der Waals surface area contributed by atoms with Crippen molar-refractivity contribution in [3.05, 3.63) is 64.7 Å². The molecule has 8 heteroatoms. The Morgan fingerprint density at radius 1 is 1.09 bits per heavy atom. The normalized spacial score (nSPS) is 13.9. The van der Waals surface area contributed by atoms with Crippen molar-refractivity contribution in [2.24, 2.45) is 0 Å². The van der Waals surface area contributed by atoms with Gasteiger partial charge in [0.15, 0.2) is 5.82 Å². The van der Waals surface area contributed by atoms with E-state index in [0.29, 0.717) is 32.6 Å². The summed E-state index contributed by atoms with van der Waals surface area (Å²) in [6, 6.07) is 10.1. The summed E-state index contributed by atoms with van der Waals surface area (Å²) in [4.78, 5) is 23.5. The first kappa shape index (κ1) is 22.0. The lowest BCUT2D eigenvalue weighted by atomic mass is 10.1. The Hall–Kier alpha value is -3.26. The molecule has 1 aromatic carbocycles. The predicted molar refractivity (Wildman–Crippen MR) is 123 cm³/mol. The van der Waals surface area contributed by atoms with Crippen molar-refractivity contribution in [3.8, 4) is 5.82 Å². The molecule has 0 bridgehead atoms. The lowest BCUT2D eigenvalue weighted by Crippen LogP contribution is -2.36. The van der Waals surface area contributed by atoms with Crippen molar-refractivity contribution >= 4 is 11.7 Å². The van der Waals surface area contributed by atoms with Gasteiger partial charge in [0, 0.05) is 37.8 Å². The maximum absolute atomic E-state index is 12.4. The number of hydrogen-bond donors (Lipinski definition) is 1. The number of amides is 1. The fourth-order valence-electron chi connectivity index (χ4n) is 4.01. The molecule has 2 aromatic heterocycles. The van der Waals surface area contributed by atoms with E-state index in [2.05, 4.69) is 33.2 Å². The highest BCUT2D eigenvalue weighted by atomic mass is 16.5. The molecule has 0 unspecified atom stereocenters. The van der Waals surface area contributed by atoms with E-state index >= 15 is 0 Å². The minimum Gasteiger partial charge on any atom is -0.378 e. The molecule has 32 heavy (non-hydrogen) atoms. The number of nitrogens with one attached hydrogen (secondary N) is 1. The third-order valence-electron chi connectivity index (χ3n) is 5.97. The molecule has 0 radical (unpaired) electrons. The van der Waals surface area contributed by atoms with Crippen LogP contribution in [0.1, 0.15) is 34.5 Å². The summed E-state index contributed by atoms with van der Waals surface area (Å²) in [7, 11) is 0. The van der Waals surface area contributed by atoms with Crippen LogP contribution < -0.4 is 10.2 Å². The van der Waals surface area contributed by atoms with Crippen LogP contribution in [0.4, 0.5) is 5.82 Å². The van der Waals surface area contributed by atoms with Crippen LogP contribution in [0.5, 0.6) is 0 Å². The van der Waals surface area contributed by atoms with Crippen LogP contribution in [0.3, 0.4) is 0 Å². The van der Waals surface area contributed by atoms with E-state index in [4.69, 9.17) is 9.84 Å². The van der Waals surface area contributed by atoms with Crippen LogP contribution in [0, 0.1) is 20.8 Å². The lowest BCUT2D eigenvalue weighted by Gasteiger charge is -2.27. The average molecular weight is 435 g/mol. The van der Waals surface area contributed by atoms with Gasteiger partial charge < -0.3 is 15.0 Å². The molecule has 0 saturated carbocycles. The monoisotopic (exact) mass is 434 g/mol. The van der Waals surface area contributed by atoms with Gasteiger partial charge in [0.25, 0.3) is 0 Å². The standard InChI is InChI=1S/C24H30N6O2/c1-17-6-4-5-7-20(17)15-25-24(31)9-8-21-18(2)28-30(19(21)3)23-14-22(26-16-27-23)29-10-12-32-13-11-29/h4-7,14,16H,8-13,15H2,1-3H3,(H,25,31). The van der Waals surface area contributed by atoms with E-state index in [1.165, 1.54) is 5.56 Å². The van der Waals surface area contributed by atoms with E-state index < -0.39 is 0 Å². The number of aryl methyl sites for hydroxylation is 2. The number of aromatic nitrogens is 4. The summed E-state index contributed by atoms with van der Waals surface area (Å²) in [6.45, 7) is 9.65. The Bertz CT molecular complexity index is 1090. The van der Waals surface area contributed by atoms with Crippen LogP contribution in [-0.2, 0) is 22.5 Å². The highest BCUT2D eigenvalue weighted by Gasteiger charge is 2.17. The van der Waals surface area contributed by atoms with Gasteiger partial charge >= 0.3 is 0 Å². The van der Waals surface area contributed by atoms with Gasteiger partial charge in [0.1, 0.15) is 12.1 Å². The highest BCUT2D eigenvalue weighted by Crippen LogP contribution is 2.21. The number of anilines is 1. The summed E-state index contributed by atoms with van der Waals surface area (Å²) in [5.74, 6) is 1.65. The summed E-state index contributed by atoms with van der Waals surface area (Å²) in [5, 5.41) is 7.73. The summed E-state index contributed by atoms with van der Waals surface area (Å²) >= 11 is 0. The van der Waals surface area contributed by atoms with Gasteiger partial charge in [0.2, 0.25) is 5.91 Å². The first-order chi connectivity index (χ1) is 15.5. The molecule has 1 aliphatic heterocycles. The van der Waals surface area contributed by atoms with E-state index in [1.54, 1.807) is 6.33 Å². The highest BCUT2D eigenvalue weighted by molar-refractivity contribution is 5.76. The van der Waals surface area contributed by atoms with Gasteiger partial charge in [-0.25, -0.2) is 14.6 Å². The number of benzene rings is 1. The number of ether oxygens (including phenoxy) is 1. The maximum atomic E-state index is 12.4. The molecule has 0 spiro atoms. The predicted octanol–water partition coefficient (Wildman–Crippen LogP) is 2.67. The minimum atomic E-state index is 0.0384. The Morgan fingerprint density at radius 3 is 2.62 bits per heavy atom. The van der Waals surface area contributed by atoms with Crippen molar-refractivity contribution in [3.63, 3.8) is 0 Å². The van der Waals surface area contributed by atoms with E-state index in [-0.39, 0.29) is 5.91 Å². The number of carbonyl (C=O) groups is 1. The van der Waals surface area contributed by atoms with Crippen molar-refractivity contribution in [2.45, 2.75) is 40.2 Å². The van der Waals surface area contributed by atoms with Gasteiger partial charge in [-0.1, -0.05) is 24.3 Å². The number of hydrogen-bond acceptors (Lipinski definition) is 6. The fraction of sp³-hybridized carbons (Fsp3) is 0.417. The quantitative estimate of drug-likeness (QED) is 0.615. The Labute approximate surface area is 188 Å². The molecule has 1 saturated heterocycles. The van der Waals surface area contributed by atoms with Crippen molar-refractivity contribution in [1.82, 2.24) is 25.1 Å². The van der Waals surface area contributed by atoms with Crippen molar-refractivity contribution in [2.75, 3.05) is 31.2 Å². The second-order valence-corrected chi connectivity index (χ2v) is 8.10. The molecule has 168 valence electrons. The maximum Gasteiger partial charge on any atom is 0.220 e. The van der Waals surface area contributed by atoms with Gasteiger partial charge in [-0.3, -0.25) is 4.79 Å². The van der Waals surface area contributed by atoms with Crippen LogP contribution in [-0.4, -0.2) is 52.0 Å². The molecule has 3 aromatic rings. The third-order valence-corrected chi connectivity index (χ3v) is 5.97. The van der Waals surface area contributed by atoms with Crippen LogP contribution in [0.2, 0.25) is 0 Å². The number of morpholine rings is 1. The van der Waals surface area contributed by atoms with Gasteiger partial charge in [-0.05, 0) is 43.9 Å². The summed E-state index contributed by atoms with van der Waals surface area (Å²) in [5.41, 5.74) is 5.33. The third kappa shape index (κ3) is 4.96. The number of nitrogens with zero attached hydrogens (tertiary/aromatic N) is 5. The molecule has 1 aliphatic rings. The van der Waals surface area contributed by atoms with E-state index in [9.17, 15) is 4.79 Å². The topological polar surface area (TPSA) is 85.2 Å². The molecular formula is C24H30N6O2. The zero-order chi connectivity index (χ0) is 22.5. The van der Waals surface area contributed by atoms with Gasteiger partial charge in [0.05, 0.1) is 18.9 Å². The second kappa shape index (κ2) is 9.91. The van der Waals surface area contributed by atoms with E-state index in [0.717, 1.165) is 47.2 Å². The zero-order valence-corrected chi connectivity index (χ0v) is 19.0. The molecular weight excluding hydrogens is 404 g/mol. The summed E-state index contributed by atoms with van der Waals surface area (Å²) < 4.78 is 7.28. The van der Waals surface area contributed by atoms with Gasteiger partial charge in [-0.15, -0.1) is 0 Å². The largest absolute Gasteiger partial charge is 0.378 e. The molecule has 1 N–H and O–H groups in total. The Morgan fingerprint density at radius 2 is 1.84 bits per heavy atom. The van der Waals surface area contributed by atoms with Crippen LogP contribution in [0.15, 0.2) is 36.7 Å².